The molecule has 0 fully saturated rings. The van der Waals surface area contributed by atoms with Gasteiger partial charge in [-0.05, 0) is 108 Å². The lowest BCUT2D eigenvalue weighted by atomic mass is 9.70. The summed E-state index contributed by atoms with van der Waals surface area (Å²) in [5.41, 5.74) is 21.0. The molecule has 0 amide bonds. The molecule has 0 unspecified atom stereocenters. The van der Waals surface area contributed by atoms with Gasteiger partial charge < -0.3 is 4.42 Å². The van der Waals surface area contributed by atoms with Gasteiger partial charge in [0.15, 0.2) is 17.5 Å². The largest absolute Gasteiger partial charge is 0.456 e. The fourth-order valence-electron chi connectivity index (χ4n) is 11.3. The zero-order chi connectivity index (χ0) is 44.8. The van der Waals surface area contributed by atoms with E-state index < -0.39 is 5.41 Å². The first-order valence-corrected chi connectivity index (χ1v) is 23.2. The van der Waals surface area contributed by atoms with E-state index in [0.717, 1.165) is 66.4 Å². The summed E-state index contributed by atoms with van der Waals surface area (Å²) in [7, 11) is 0. The molecule has 68 heavy (non-hydrogen) atoms. The molecule has 1 spiro atoms. The first kappa shape index (κ1) is 38.3. The average molecular weight is 866 g/mol. The predicted octanol–water partition coefficient (Wildman–Crippen LogP) is 16.1. The van der Waals surface area contributed by atoms with Crippen LogP contribution in [-0.2, 0) is 5.41 Å². The van der Waals surface area contributed by atoms with E-state index in [1.54, 1.807) is 0 Å². The van der Waals surface area contributed by atoms with Crippen LogP contribution in [0.3, 0.4) is 0 Å². The summed E-state index contributed by atoms with van der Waals surface area (Å²) in [6.07, 6.45) is 0. The summed E-state index contributed by atoms with van der Waals surface area (Å²) in [5.74, 6) is 1.77. The van der Waals surface area contributed by atoms with Crippen molar-refractivity contribution in [3.05, 3.63) is 259 Å². The van der Waals surface area contributed by atoms with Gasteiger partial charge in [0.2, 0.25) is 0 Å². The molecule has 316 valence electrons. The Morgan fingerprint density at radius 3 is 1.37 bits per heavy atom. The molecule has 0 saturated heterocycles. The maximum Gasteiger partial charge on any atom is 0.164 e. The maximum absolute atomic E-state index is 6.70. The second kappa shape index (κ2) is 15.0. The maximum atomic E-state index is 6.70. The van der Waals surface area contributed by atoms with E-state index in [-0.39, 0.29) is 0 Å². The summed E-state index contributed by atoms with van der Waals surface area (Å²) in [4.78, 5) is 15.9. The van der Waals surface area contributed by atoms with E-state index in [9.17, 15) is 0 Å². The molecule has 2 heterocycles. The summed E-state index contributed by atoms with van der Waals surface area (Å²) in [5, 5.41) is 1.97. The van der Waals surface area contributed by atoms with Gasteiger partial charge in [0.05, 0.1) is 5.41 Å². The highest BCUT2D eigenvalue weighted by Crippen LogP contribution is 2.64. The Bertz CT molecular complexity index is 3840. The Kier molecular flexibility index (Phi) is 8.46. The quantitative estimate of drug-likeness (QED) is 0.167. The SMILES string of the molecule is c1ccc(-c2cccc(-c3nc(-c4cccc(-c5ccccc5)c4)nc(-c4cccc5oc6ccc(-c7cccc8c7-c7ccccc7C87c8ccccc8-c8ccccc87)cc6c45)n3)c2)cc1. The smallest absolute Gasteiger partial charge is 0.164 e. The molecule has 0 N–H and O–H groups in total. The second-order valence-corrected chi connectivity index (χ2v) is 17.8. The van der Waals surface area contributed by atoms with Crippen molar-refractivity contribution in [1.29, 1.82) is 0 Å². The zero-order valence-electron chi connectivity index (χ0n) is 36.8. The number of aromatic nitrogens is 3. The van der Waals surface area contributed by atoms with Crippen LogP contribution in [0.4, 0.5) is 0 Å². The van der Waals surface area contributed by atoms with Crippen molar-refractivity contribution >= 4 is 21.9 Å². The molecule has 0 saturated carbocycles. The molecular formula is C64H39N3O. The van der Waals surface area contributed by atoms with Crippen LogP contribution in [0, 0.1) is 0 Å². The van der Waals surface area contributed by atoms with Crippen LogP contribution in [0.5, 0.6) is 0 Å². The Balaban J connectivity index is 0.968. The molecule has 12 aromatic rings. The van der Waals surface area contributed by atoms with Crippen LogP contribution in [0.15, 0.2) is 241 Å². The first-order chi connectivity index (χ1) is 33.7. The van der Waals surface area contributed by atoms with Crippen molar-refractivity contribution < 1.29 is 4.42 Å². The Hall–Kier alpha value is -8.99. The molecule has 2 aromatic heterocycles. The molecule has 4 heteroatoms. The number of benzene rings is 10. The van der Waals surface area contributed by atoms with Crippen LogP contribution >= 0.6 is 0 Å². The normalized spacial score (nSPS) is 12.8. The van der Waals surface area contributed by atoms with Gasteiger partial charge in [-0.15, -0.1) is 0 Å². The highest BCUT2D eigenvalue weighted by molar-refractivity contribution is 6.13. The van der Waals surface area contributed by atoms with Gasteiger partial charge in [0.25, 0.3) is 0 Å². The molecule has 0 bridgehead atoms. The monoisotopic (exact) mass is 865 g/mol. The number of nitrogens with zero attached hydrogens (tertiary/aromatic N) is 3. The Labute approximate surface area is 393 Å². The van der Waals surface area contributed by atoms with Gasteiger partial charge in [0, 0.05) is 27.5 Å². The van der Waals surface area contributed by atoms with Crippen LogP contribution in [0.2, 0.25) is 0 Å². The van der Waals surface area contributed by atoms with Gasteiger partial charge in [-0.1, -0.05) is 206 Å². The number of rotatable bonds is 6. The summed E-state index contributed by atoms with van der Waals surface area (Å²) in [6, 6.07) is 84.4. The molecule has 4 nitrogen and oxygen atoms in total. The lowest BCUT2D eigenvalue weighted by Gasteiger charge is -2.30. The number of hydrogen-bond acceptors (Lipinski definition) is 4. The van der Waals surface area contributed by atoms with Crippen LogP contribution < -0.4 is 0 Å². The van der Waals surface area contributed by atoms with Gasteiger partial charge in [0.1, 0.15) is 11.2 Å². The van der Waals surface area contributed by atoms with Gasteiger partial charge >= 0.3 is 0 Å². The van der Waals surface area contributed by atoms with E-state index in [4.69, 9.17) is 19.4 Å². The van der Waals surface area contributed by atoms with E-state index in [0.29, 0.717) is 17.5 Å². The first-order valence-electron chi connectivity index (χ1n) is 23.2. The third-order valence-electron chi connectivity index (χ3n) is 14.2. The van der Waals surface area contributed by atoms with Gasteiger partial charge in [-0.3, -0.25) is 0 Å². The van der Waals surface area contributed by atoms with E-state index in [2.05, 4.69) is 212 Å². The number of fused-ring (bicyclic) bond motifs is 13. The van der Waals surface area contributed by atoms with Gasteiger partial charge in [-0.2, -0.15) is 0 Å². The molecule has 14 rings (SSSR count). The lowest BCUT2D eigenvalue weighted by Crippen LogP contribution is -2.25. The van der Waals surface area contributed by atoms with Crippen molar-refractivity contribution in [3.8, 4) is 89.8 Å². The third-order valence-corrected chi connectivity index (χ3v) is 14.2. The minimum atomic E-state index is -0.427. The molecule has 0 aliphatic heterocycles. The van der Waals surface area contributed by atoms with Crippen LogP contribution in [0.1, 0.15) is 22.3 Å². The molecular weight excluding hydrogens is 827 g/mol. The average Bonchev–Trinajstić information content (AvgIpc) is 4.05. The second-order valence-electron chi connectivity index (χ2n) is 17.8. The van der Waals surface area contributed by atoms with Crippen molar-refractivity contribution in [1.82, 2.24) is 15.0 Å². The van der Waals surface area contributed by atoms with Crippen molar-refractivity contribution in [2.24, 2.45) is 0 Å². The lowest BCUT2D eigenvalue weighted by molar-refractivity contribution is 0.669. The molecule has 0 radical (unpaired) electrons. The van der Waals surface area contributed by atoms with E-state index in [1.807, 2.05) is 24.3 Å². The highest BCUT2D eigenvalue weighted by Gasteiger charge is 2.52. The minimum Gasteiger partial charge on any atom is -0.456 e. The molecule has 2 aliphatic carbocycles. The summed E-state index contributed by atoms with van der Waals surface area (Å²) < 4.78 is 6.70. The molecule has 10 aromatic carbocycles. The zero-order valence-corrected chi connectivity index (χ0v) is 36.8. The summed E-state index contributed by atoms with van der Waals surface area (Å²) >= 11 is 0. The Morgan fingerprint density at radius 1 is 0.279 bits per heavy atom. The number of furan rings is 1. The third kappa shape index (κ3) is 5.71. The molecule has 2 aliphatic rings. The van der Waals surface area contributed by atoms with Crippen LogP contribution in [-0.4, -0.2) is 15.0 Å². The van der Waals surface area contributed by atoms with Crippen LogP contribution in [0.25, 0.3) is 112 Å². The van der Waals surface area contributed by atoms with Crippen molar-refractivity contribution in [2.75, 3.05) is 0 Å². The van der Waals surface area contributed by atoms with Gasteiger partial charge in [-0.25, -0.2) is 15.0 Å². The summed E-state index contributed by atoms with van der Waals surface area (Å²) in [6.45, 7) is 0. The molecule has 0 atom stereocenters. The highest BCUT2D eigenvalue weighted by atomic mass is 16.3. The van der Waals surface area contributed by atoms with Crippen molar-refractivity contribution in [2.45, 2.75) is 5.41 Å². The topological polar surface area (TPSA) is 51.8 Å². The number of hydrogen-bond donors (Lipinski definition) is 0. The van der Waals surface area contributed by atoms with Crippen molar-refractivity contribution in [3.63, 3.8) is 0 Å². The predicted molar refractivity (Wildman–Crippen MR) is 276 cm³/mol. The van der Waals surface area contributed by atoms with E-state index in [1.165, 1.54) is 50.1 Å². The van der Waals surface area contributed by atoms with E-state index >= 15 is 0 Å². The fraction of sp³-hybridized carbons (Fsp3) is 0.0156. The minimum absolute atomic E-state index is 0.427. The standard InChI is InChI=1S/C64H39N3O/c1-3-17-40(18-4-1)42-21-13-23-45(37-42)61-65-62(46-24-14-22-43(38-46)41-19-5-2-6-20-41)67-63(66-61)51-29-16-34-58-60(51)52-39-44(35-36-57(52)68-58)47-28-15-33-56-59(47)50-27-9-12-32-55(50)64(56)53-30-10-7-25-48(53)49-26-8-11-31-54(49)64/h1-39H. The fourth-order valence-corrected chi connectivity index (χ4v) is 11.3. The Morgan fingerprint density at radius 2 is 0.735 bits per heavy atom.